The lowest BCUT2D eigenvalue weighted by Gasteiger charge is -2.17. The third kappa shape index (κ3) is 5.87. The van der Waals surface area contributed by atoms with E-state index >= 15 is 0 Å². The van der Waals surface area contributed by atoms with Crippen molar-refractivity contribution in [2.24, 2.45) is 0 Å². The predicted octanol–water partition coefficient (Wildman–Crippen LogP) is 0.961. The number of carbonyl (C=O) groups is 3. The molecule has 1 aromatic heterocycles. The van der Waals surface area contributed by atoms with Crippen LogP contribution in [0, 0.1) is 0 Å². The maximum Gasteiger partial charge on any atom is 0.333 e. The lowest BCUT2D eigenvalue weighted by molar-refractivity contribution is -0.139. The van der Waals surface area contributed by atoms with E-state index in [0.717, 1.165) is 36.8 Å². The second kappa shape index (κ2) is 9.54. The molecular formula is C19H22N4O6S2. The van der Waals surface area contributed by atoms with Gasteiger partial charge in [0.2, 0.25) is 5.91 Å². The Kier molecular flexibility index (Phi) is 7.03. The maximum atomic E-state index is 12.6. The number of anilines is 1. The minimum atomic E-state index is -3.44. The molecule has 0 unspecified atom stereocenters. The first-order valence-electron chi connectivity index (χ1n) is 9.47. The van der Waals surface area contributed by atoms with Crippen molar-refractivity contribution in [3.05, 3.63) is 36.0 Å². The molecule has 0 saturated carbocycles. The molecule has 3 rings (SSSR count). The first-order valence-corrected chi connectivity index (χ1v) is 12.2. The highest BCUT2D eigenvalue weighted by Crippen LogP contribution is 2.25. The normalized spacial score (nSPS) is 17.0. The van der Waals surface area contributed by atoms with Crippen molar-refractivity contribution in [3.63, 3.8) is 0 Å². The summed E-state index contributed by atoms with van der Waals surface area (Å²) in [4.78, 5) is 41.1. The number of para-hydroxylation sites is 1. The van der Waals surface area contributed by atoms with Crippen LogP contribution in [0.25, 0.3) is 0 Å². The van der Waals surface area contributed by atoms with Crippen LogP contribution in [-0.2, 0) is 19.4 Å². The zero-order valence-electron chi connectivity index (χ0n) is 16.9. The van der Waals surface area contributed by atoms with Gasteiger partial charge in [-0.25, -0.2) is 18.2 Å². The minimum Gasteiger partial charge on any atom is -0.424 e. The Balaban J connectivity index is 1.66. The number of rotatable bonds is 7. The summed E-state index contributed by atoms with van der Waals surface area (Å²) in [7, 11) is -3.44. The summed E-state index contributed by atoms with van der Waals surface area (Å²) < 4.78 is 28.5. The molecule has 166 valence electrons. The van der Waals surface area contributed by atoms with Gasteiger partial charge in [0.25, 0.3) is 5.91 Å². The van der Waals surface area contributed by atoms with E-state index in [2.05, 4.69) is 20.9 Å². The molecule has 0 spiro atoms. The summed E-state index contributed by atoms with van der Waals surface area (Å²) >= 11 is 0.814. The van der Waals surface area contributed by atoms with Gasteiger partial charge in [0, 0.05) is 6.26 Å². The highest BCUT2D eigenvalue weighted by atomic mass is 32.2. The van der Waals surface area contributed by atoms with Gasteiger partial charge in [-0.15, -0.1) is 0 Å². The molecule has 0 radical (unpaired) electrons. The number of ether oxygens (including phenoxy) is 1. The Bertz CT molecular complexity index is 1090. The van der Waals surface area contributed by atoms with E-state index in [9.17, 15) is 22.8 Å². The second-order valence-electron chi connectivity index (χ2n) is 7.01. The number of nitrogens with zero attached hydrogens (tertiary/aromatic N) is 1. The van der Waals surface area contributed by atoms with Crippen molar-refractivity contribution >= 4 is 44.1 Å². The van der Waals surface area contributed by atoms with E-state index in [1.165, 1.54) is 19.1 Å². The van der Waals surface area contributed by atoms with Crippen LogP contribution >= 0.6 is 11.3 Å². The zero-order valence-corrected chi connectivity index (χ0v) is 18.5. The summed E-state index contributed by atoms with van der Waals surface area (Å²) in [5.74, 6) is -1.62. The van der Waals surface area contributed by atoms with Crippen LogP contribution in [0.4, 0.5) is 5.13 Å². The molecule has 31 heavy (non-hydrogen) atoms. The van der Waals surface area contributed by atoms with E-state index in [-0.39, 0.29) is 32.6 Å². The molecule has 3 N–H and O–H groups in total. The van der Waals surface area contributed by atoms with Gasteiger partial charge < -0.3 is 15.4 Å². The number of benzene rings is 1. The molecule has 1 aromatic carbocycles. The van der Waals surface area contributed by atoms with E-state index in [0.29, 0.717) is 6.42 Å². The Morgan fingerprint density at radius 1 is 1.29 bits per heavy atom. The molecule has 12 heteroatoms. The van der Waals surface area contributed by atoms with Crippen LogP contribution in [0.3, 0.4) is 0 Å². The summed E-state index contributed by atoms with van der Waals surface area (Å²) in [5.41, 5.74) is 0.0583. The zero-order chi connectivity index (χ0) is 22.6. The molecule has 2 heterocycles. The molecule has 2 aromatic rings. The largest absolute Gasteiger partial charge is 0.424 e. The van der Waals surface area contributed by atoms with E-state index < -0.39 is 27.8 Å². The molecule has 1 aliphatic heterocycles. The fourth-order valence-electron chi connectivity index (χ4n) is 2.87. The first kappa shape index (κ1) is 22.8. The molecule has 2 amide bonds. The number of aromatic nitrogens is 1. The van der Waals surface area contributed by atoms with Crippen LogP contribution in [0.2, 0.25) is 0 Å². The Morgan fingerprint density at radius 2 is 2.03 bits per heavy atom. The van der Waals surface area contributed by atoms with E-state index in [1.54, 1.807) is 12.1 Å². The van der Waals surface area contributed by atoms with Crippen molar-refractivity contribution in [2.45, 2.75) is 36.1 Å². The van der Waals surface area contributed by atoms with Gasteiger partial charge in [-0.1, -0.05) is 23.5 Å². The van der Waals surface area contributed by atoms with Crippen LogP contribution < -0.4 is 20.7 Å². The van der Waals surface area contributed by atoms with Crippen molar-refractivity contribution in [1.29, 1.82) is 0 Å². The smallest absolute Gasteiger partial charge is 0.333 e. The third-order valence-electron chi connectivity index (χ3n) is 4.50. The van der Waals surface area contributed by atoms with Crippen molar-refractivity contribution < 1.29 is 27.5 Å². The number of thiazole rings is 1. The third-order valence-corrected chi connectivity index (χ3v) is 7.20. The van der Waals surface area contributed by atoms with Gasteiger partial charge in [-0.05, 0) is 38.4 Å². The average Bonchev–Trinajstić information content (AvgIpc) is 3.40. The SMILES string of the molecule is C[C@H](NC(=O)[C@@H]1CCCN1)C(=O)Oc1ccccc1C(=O)Nc1ncc(S(C)(=O)=O)s1. The van der Waals surface area contributed by atoms with Crippen LogP contribution in [0.5, 0.6) is 5.75 Å². The quantitative estimate of drug-likeness (QED) is 0.404. The highest BCUT2D eigenvalue weighted by molar-refractivity contribution is 7.92. The summed E-state index contributed by atoms with van der Waals surface area (Å²) in [6.45, 7) is 2.25. The monoisotopic (exact) mass is 466 g/mol. The summed E-state index contributed by atoms with van der Waals surface area (Å²) in [5, 5.41) is 8.25. The van der Waals surface area contributed by atoms with E-state index in [4.69, 9.17) is 4.74 Å². The van der Waals surface area contributed by atoms with Gasteiger partial charge in [-0.2, -0.15) is 0 Å². The van der Waals surface area contributed by atoms with Crippen LogP contribution in [0.15, 0.2) is 34.7 Å². The molecule has 0 aliphatic carbocycles. The Labute approximate surface area is 183 Å². The maximum absolute atomic E-state index is 12.6. The lowest BCUT2D eigenvalue weighted by atomic mass is 10.2. The van der Waals surface area contributed by atoms with Crippen molar-refractivity contribution in [1.82, 2.24) is 15.6 Å². The first-order chi connectivity index (χ1) is 14.6. The topological polar surface area (TPSA) is 144 Å². The van der Waals surface area contributed by atoms with Gasteiger partial charge in [-0.3, -0.25) is 14.9 Å². The van der Waals surface area contributed by atoms with Crippen molar-refractivity contribution in [3.8, 4) is 5.75 Å². The standard InChI is InChI=1S/C19H22N4O6S2/c1-11(22-17(25)13-7-5-9-20-13)18(26)29-14-8-4-3-6-12(14)16(24)23-19-21-10-15(30-19)31(2,27)28/h3-4,6,8,10-11,13,20H,5,7,9H2,1-2H3,(H,22,25)(H,21,23,24)/t11-,13-/m0/s1. The number of sulfone groups is 1. The van der Waals surface area contributed by atoms with Gasteiger partial charge in [0.05, 0.1) is 17.8 Å². The lowest BCUT2D eigenvalue weighted by Crippen LogP contribution is -2.48. The van der Waals surface area contributed by atoms with Gasteiger partial charge >= 0.3 is 5.97 Å². The fourth-order valence-corrected chi connectivity index (χ4v) is 4.51. The van der Waals surface area contributed by atoms with Gasteiger partial charge in [0.1, 0.15) is 16.0 Å². The van der Waals surface area contributed by atoms with Crippen molar-refractivity contribution in [2.75, 3.05) is 18.1 Å². The molecule has 1 aliphatic rings. The molecule has 1 fully saturated rings. The van der Waals surface area contributed by atoms with Crippen LogP contribution in [-0.4, -0.2) is 56.1 Å². The fraction of sp³-hybridized carbons (Fsp3) is 0.368. The second-order valence-corrected chi connectivity index (χ2v) is 10.3. The summed E-state index contributed by atoms with van der Waals surface area (Å²) in [6, 6.07) is 4.84. The Hall–Kier alpha value is -2.83. The molecular weight excluding hydrogens is 444 g/mol. The number of carbonyl (C=O) groups excluding carboxylic acids is 3. The summed E-state index contributed by atoms with van der Waals surface area (Å²) in [6.07, 6.45) is 3.80. The number of esters is 1. The average molecular weight is 467 g/mol. The molecule has 10 nitrogen and oxygen atoms in total. The number of hydrogen-bond donors (Lipinski definition) is 3. The predicted molar refractivity (Wildman–Crippen MR) is 114 cm³/mol. The number of amides is 2. The molecule has 2 atom stereocenters. The Morgan fingerprint density at radius 3 is 2.68 bits per heavy atom. The molecule has 0 bridgehead atoms. The number of nitrogens with one attached hydrogen (secondary N) is 3. The van der Waals surface area contributed by atoms with Gasteiger partial charge in [0.15, 0.2) is 15.0 Å². The number of hydrogen-bond acceptors (Lipinski definition) is 9. The molecule has 1 saturated heterocycles. The highest BCUT2D eigenvalue weighted by Gasteiger charge is 2.27. The minimum absolute atomic E-state index is 0.00461. The van der Waals surface area contributed by atoms with Crippen LogP contribution in [0.1, 0.15) is 30.1 Å². The van der Waals surface area contributed by atoms with E-state index in [1.807, 2.05) is 0 Å².